The quantitative estimate of drug-likeness (QED) is 0.802. The maximum Gasteiger partial charge on any atom is 0.257 e. The molecule has 2 heterocycles. The van der Waals surface area contributed by atoms with Crippen molar-refractivity contribution in [3.05, 3.63) is 34.3 Å². The van der Waals surface area contributed by atoms with Gasteiger partial charge in [-0.3, -0.25) is 14.9 Å². The molecule has 1 aromatic heterocycles. The van der Waals surface area contributed by atoms with Crippen molar-refractivity contribution in [2.45, 2.75) is 39.0 Å². The maximum atomic E-state index is 12.6. The fourth-order valence-corrected chi connectivity index (χ4v) is 4.42. The van der Waals surface area contributed by atoms with Gasteiger partial charge in [0.25, 0.3) is 5.91 Å². The second-order valence-corrected chi connectivity index (χ2v) is 8.52. The second-order valence-electron chi connectivity index (χ2n) is 7.43. The molecule has 148 valence electrons. The number of carbonyl (C=O) groups is 2. The van der Waals surface area contributed by atoms with Crippen molar-refractivity contribution in [1.82, 2.24) is 10.3 Å². The van der Waals surface area contributed by atoms with E-state index in [1.807, 2.05) is 0 Å². The van der Waals surface area contributed by atoms with Gasteiger partial charge in [0, 0.05) is 17.0 Å². The standard InChI is InChI=1S/C20H23N3O4S/c1-11(2)9-21-19(25)13-4-3-5-16-17(13)22-20(28-16)23-18(24)12-6-7-14-15(8-12)27-10-26-14/h6-8,11,13H,3-5,9-10H2,1-2H3,(H,21,25)(H,22,23,24). The molecule has 0 saturated heterocycles. The normalized spacial score (nSPS) is 17.3. The van der Waals surface area contributed by atoms with Gasteiger partial charge in [0.1, 0.15) is 0 Å². The van der Waals surface area contributed by atoms with Gasteiger partial charge in [0.15, 0.2) is 16.6 Å². The minimum Gasteiger partial charge on any atom is -0.454 e. The highest BCUT2D eigenvalue weighted by atomic mass is 32.1. The Morgan fingerprint density at radius 2 is 2.11 bits per heavy atom. The van der Waals surface area contributed by atoms with Gasteiger partial charge >= 0.3 is 0 Å². The number of hydrogen-bond donors (Lipinski definition) is 2. The molecular weight excluding hydrogens is 378 g/mol. The minimum absolute atomic E-state index is 0.0218. The highest BCUT2D eigenvalue weighted by molar-refractivity contribution is 7.16. The van der Waals surface area contributed by atoms with E-state index in [0.717, 1.165) is 29.8 Å². The van der Waals surface area contributed by atoms with Crippen LogP contribution in [0.5, 0.6) is 11.5 Å². The van der Waals surface area contributed by atoms with Gasteiger partial charge in [-0.1, -0.05) is 13.8 Å². The summed E-state index contributed by atoms with van der Waals surface area (Å²) in [6.45, 7) is 4.96. The Balaban J connectivity index is 1.48. The van der Waals surface area contributed by atoms with Gasteiger partial charge in [-0.25, -0.2) is 4.98 Å². The number of hydrogen-bond acceptors (Lipinski definition) is 6. The predicted molar refractivity (Wildman–Crippen MR) is 106 cm³/mol. The van der Waals surface area contributed by atoms with Gasteiger partial charge in [-0.2, -0.15) is 0 Å². The molecule has 1 aliphatic heterocycles. The van der Waals surface area contributed by atoms with Gasteiger partial charge < -0.3 is 14.8 Å². The van der Waals surface area contributed by atoms with Crippen molar-refractivity contribution in [3.8, 4) is 11.5 Å². The summed E-state index contributed by atoms with van der Waals surface area (Å²) < 4.78 is 10.6. The maximum absolute atomic E-state index is 12.6. The lowest BCUT2D eigenvalue weighted by Crippen LogP contribution is -2.33. The largest absolute Gasteiger partial charge is 0.454 e. The number of anilines is 1. The molecule has 2 aliphatic rings. The van der Waals surface area contributed by atoms with E-state index in [0.29, 0.717) is 34.7 Å². The fourth-order valence-electron chi connectivity index (χ4n) is 3.36. The third kappa shape index (κ3) is 3.82. The van der Waals surface area contributed by atoms with E-state index in [9.17, 15) is 9.59 Å². The van der Waals surface area contributed by atoms with Gasteiger partial charge in [0.2, 0.25) is 12.7 Å². The van der Waals surface area contributed by atoms with Crippen LogP contribution in [0.15, 0.2) is 18.2 Å². The zero-order chi connectivity index (χ0) is 19.7. The topological polar surface area (TPSA) is 89.6 Å². The van der Waals surface area contributed by atoms with E-state index in [1.165, 1.54) is 11.3 Å². The van der Waals surface area contributed by atoms with Crippen LogP contribution in [0.4, 0.5) is 5.13 Å². The second kappa shape index (κ2) is 7.79. The summed E-state index contributed by atoms with van der Waals surface area (Å²) in [5.74, 6) is 1.12. The first-order chi connectivity index (χ1) is 13.5. The smallest absolute Gasteiger partial charge is 0.257 e. The Hall–Kier alpha value is -2.61. The Morgan fingerprint density at radius 1 is 1.29 bits per heavy atom. The fraction of sp³-hybridized carbons (Fsp3) is 0.450. The number of ether oxygens (including phenoxy) is 2. The third-order valence-corrected chi connectivity index (χ3v) is 5.86. The molecule has 0 saturated carbocycles. The summed E-state index contributed by atoms with van der Waals surface area (Å²) in [7, 11) is 0. The first kappa shape index (κ1) is 18.7. The van der Waals surface area contributed by atoms with E-state index in [1.54, 1.807) is 18.2 Å². The molecular formula is C20H23N3O4S. The SMILES string of the molecule is CC(C)CNC(=O)C1CCCc2sc(NC(=O)c3ccc4c(c3)OCO4)nc21. The van der Waals surface area contributed by atoms with E-state index in [-0.39, 0.29) is 24.5 Å². The average Bonchev–Trinajstić information content (AvgIpc) is 3.30. The lowest BCUT2D eigenvalue weighted by Gasteiger charge is -2.20. The summed E-state index contributed by atoms with van der Waals surface area (Å²) in [5.41, 5.74) is 1.28. The molecule has 2 N–H and O–H groups in total. The summed E-state index contributed by atoms with van der Waals surface area (Å²) in [5, 5.41) is 6.39. The number of fused-ring (bicyclic) bond motifs is 2. The molecule has 4 rings (SSSR count). The van der Waals surface area contributed by atoms with E-state index in [4.69, 9.17) is 9.47 Å². The molecule has 2 amide bonds. The summed E-state index contributed by atoms with van der Waals surface area (Å²) in [6, 6.07) is 5.07. The van der Waals surface area contributed by atoms with Crippen LogP contribution in [0.2, 0.25) is 0 Å². The molecule has 0 bridgehead atoms. The van der Waals surface area contributed by atoms with Gasteiger partial charge in [0.05, 0.1) is 11.6 Å². The van der Waals surface area contributed by atoms with Crippen LogP contribution in [-0.4, -0.2) is 30.1 Å². The monoisotopic (exact) mass is 401 g/mol. The molecule has 2 aromatic rings. The minimum atomic E-state index is -0.259. The molecule has 1 atom stereocenters. The zero-order valence-electron chi connectivity index (χ0n) is 15.9. The number of benzene rings is 1. The summed E-state index contributed by atoms with van der Waals surface area (Å²) >= 11 is 1.45. The highest BCUT2D eigenvalue weighted by Crippen LogP contribution is 2.37. The Morgan fingerprint density at radius 3 is 2.93 bits per heavy atom. The molecule has 28 heavy (non-hydrogen) atoms. The molecule has 1 aromatic carbocycles. The van der Waals surface area contributed by atoms with Crippen molar-refractivity contribution in [2.24, 2.45) is 5.92 Å². The van der Waals surface area contributed by atoms with Crippen molar-refractivity contribution in [3.63, 3.8) is 0 Å². The van der Waals surface area contributed by atoms with Crippen molar-refractivity contribution in [1.29, 1.82) is 0 Å². The van der Waals surface area contributed by atoms with Crippen LogP contribution in [0, 0.1) is 5.92 Å². The third-order valence-electron chi connectivity index (χ3n) is 4.81. The van der Waals surface area contributed by atoms with E-state index >= 15 is 0 Å². The van der Waals surface area contributed by atoms with Crippen molar-refractivity contribution >= 4 is 28.3 Å². The van der Waals surface area contributed by atoms with Crippen LogP contribution in [-0.2, 0) is 11.2 Å². The molecule has 8 heteroatoms. The number of rotatable bonds is 5. The predicted octanol–water partition coefficient (Wildman–Crippen LogP) is 3.32. The van der Waals surface area contributed by atoms with E-state index < -0.39 is 0 Å². The molecule has 0 spiro atoms. The average molecular weight is 401 g/mol. The molecule has 0 radical (unpaired) electrons. The van der Waals surface area contributed by atoms with Crippen LogP contribution < -0.4 is 20.1 Å². The lowest BCUT2D eigenvalue weighted by atomic mass is 9.90. The number of aromatic nitrogens is 1. The lowest BCUT2D eigenvalue weighted by molar-refractivity contribution is -0.123. The van der Waals surface area contributed by atoms with Crippen LogP contribution in [0.25, 0.3) is 0 Å². The first-order valence-corrected chi connectivity index (χ1v) is 10.3. The number of thiazole rings is 1. The van der Waals surface area contributed by atoms with E-state index in [2.05, 4.69) is 29.5 Å². The molecule has 1 unspecified atom stereocenters. The summed E-state index contributed by atoms with van der Waals surface area (Å²) in [4.78, 5) is 30.8. The van der Waals surface area contributed by atoms with Gasteiger partial charge in [-0.05, 0) is 43.4 Å². The molecule has 0 fully saturated rings. The Labute approximate surface area is 167 Å². The zero-order valence-corrected chi connectivity index (χ0v) is 16.7. The molecule has 7 nitrogen and oxygen atoms in total. The van der Waals surface area contributed by atoms with Crippen molar-refractivity contribution in [2.75, 3.05) is 18.7 Å². The van der Waals surface area contributed by atoms with Gasteiger partial charge in [-0.15, -0.1) is 11.3 Å². The van der Waals surface area contributed by atoms with Crippen molar-refractivity contribution < 1.29 is 19.1 Å². The van der Waals surface area contributed by atoms with Crippen LogP contribution in [0.3, 0.4) is 0 Å². The summed E-state index contributed by atoms with van der Waals surface area (Å²) in [6.07, 6.45) is 2.63. The number of nitrogens with zero attached hydrogens (tertiary/aromatic N) is 1. The Bertz CT molecular complexity index is 909. The first-order valence-electron chi connectivity index (χ1n) is 9.49. The number of carbonyl (C=O) groups excluding carboxylic acids is 2. The highest BCUT2D eigenvalue weighted by Gasteiger charge is 2.30. The number of amides is 2. The van der Waals surface area contributed by atoms with Crippen LogP contribution >= 0.6 is 11.3 Å². The molecule has 1 aliphatic carbocycles. The Kier molecular flexibility index (Phi) is 5.21. The van der Waals surface area contributed by atoms with Crippen LogP contribution in [0.1, 0.15) is 53.5 Å². The number of nitrogens with one attached hydrogen (secondary N) is 2. The number of aryl methyl sites for hydroxylation is 1.